The number of nitroso groups, excluding NO2 is 1. The molecule has 0 aliphatic rings. The van der Waals surface area contributed by atoms with Crippen LogP contribution >= 0.6 is 0 Å². The Balaban J connectivity index is 3.04. The van der Waals surface area contributed by atoms with E-state index >= 15 is 0 Å². The minimum absolute atomic E-state index is 0.0105. The topological polar surface area (TPSA) is 83.8 Å². The fraction of sp³-hybridized carbons (Fsp3) is 0.0909. The van der Waals surface area contributed by atoms with Crippen LogP contribution in [0, 0.1) is 11.8 Å². The standard InChI is InChI=1S/C11H9NO4S/c1-7-8-4-2-3-5-9(8)11(17(14,15)16)6-10(7)12-13/h2-6H,1H3,(H,14,15,16). The van der Waals surface area contributed by atoms with Gasteiger partial charge in [-0.1, -0.05) is 24.3 Å². The van der Waals surface area contributed by atoms with Crippen molar-refractivity contribution >= 4 is 26.6 Å². The van der Waals surface area contributed by atoms with Crippen LogP contribution in [-0.2, 0) is 10.1 Å². The van der Waals surface area contributed by atoms with Crippen LogP contribution in [0.15, 0.2) is 40.4 Å². The van der Waals surface area contributed by atoms with Gasteiger partial charge in [0.25, 0.3) is 10.1 Å². The molecule has 0 spiro atoms. The Morgan fingerprint density at radius 3 is 2.29 bits per heavy atom. The fourth-order valence-electron chi connectivity index (χ4n) is 1.78. The molecule has 0 aliphatic carbocycles. The summed E-state index contributed by atoms with van der Waals surface area (Å²) in [6.45, 7) is 1.67. The van der Waals surface area contributed by atoms with Gasteiger partial charge in [0.05, 0.1) is 0 Å². The number of nitrogens with zero attached hydrogens (tertiary/aromatic N) is 1. The first kappa shape index (κ1) is 11.7. The molecule has 88 valence electrons. The van der Waals surface area contributed by atoms with Gasteiger partial charge in [0.15, 0.2) is 0 Å². The Morgan fingerprint density at radius 2 is 1.76 bits per heavy atom. The second kappa shape index (κ2) is 3.90. The normalized spacial score (nSPS) is 11.6. The zero-order valence-corrected chi connectivity index (χ0v) is 9.73. The van der Waals surface area contributed by atoms with Gasteiger partial charge < -0.3 is 0 Å². The largest absolute Gasteiger partial charge is 0.295 e. The zero-order valence-electron chi connectivity index (χ0n) is 8.91. The summed E-state index contributed by atoms with van der Waals surface area (Å²) >= 11 is 0. The first-order chi connectivity index (χ1) is 7.95. The maximum atomic E-state index is 11.2. The molecule has 0 aromatic heterocycles. The van der Waals surface area contributed by atoms with E-state index in [0.717, 1.165) is 6.07 Å². The van der Waals surface area contributed by atoms with Crippen LogP contribution in [0.3, 0.4) is 0 Å². The minimum Gasteiger partial charge on any atom is -0.282 e. The molecule has 1 N–H and O–H groups in total. The molecule has 0 saturated carbocycles. The lowest BCUT2D eigenvalue weighted by molar-refractivity contribution is 0.484. The Hall–Kier alpha value is -1.79. The average Bonchev–Trinajstić information content (AvgIpc) is 2.28. The highest BCUT2D eigenvalue weighted by Crippen LogP contribution is 2.32. The summed E-state index contributed by atoms with van der Waals surface area (Å²) in [7, 11) is -4.38. The van der Waals surface area contributed by atoms with Crippen LogP contribution in [-0.4, -0.2) is 13.0 Å². The molecule has 0 atom stereocenters. The minimum atomic E-state index is -4.38. The van der Waals surface area contributed by atoms with Gasteiger partial charge in [-0.3, -0.25) is 4.55 Å². The van der Waals surface area contributed by atoms with Crippen molar-refractivity contribution in [2.75, 3.05) is 0 Å². The van der Waals surface area contributed by atoms with Gasteiger partial charge in [0.2, 0.25) is 0 Å². The van der Waals surface area contributed by atoms with Crippen LogP contribution in [0.4, 0.5) is 5.69 Å². The smallest absolute Gasteiger partial charge is 0.282 e. The van der Waals surface area contributed by atoms with Gasteiger partial charge >= 0.3 is 0 Å². The first-order valence-corrected chi connectivity index (χ1v) is 6.22. The molecule has 0 amide bonds. The van der Waals surface area contributed by atoms with Crippen molar-refractivity contribution in [1.82, 2.24) is 0 Å². The highest BCUT2D eigenvalue weighted by Gasteiger charge is 2.17. The summed E-state index contributed by atoms with van der Waals surface area (Å²) in [5.74, 6) is 0. The van der Waals surface area contributed by atoms with Gasteiger partial charge in [-0.25, -0.2) is 0 Å². The van der Waals surface area contributed by atoms with E-state index in [1.165, 1.54) is 0 Å². The Morgan fingerprint density at radius 1 is 1.18 bits per heavy atom. The Kier molecular flexibility index (Phi) is 2.68. The molecule has 2 aromatic rings. The Labute approximate surface area is 97.8 Å². The van der Waals surface area contributed by atoms with E-state index < -0.39 is 10.1 Å². The molecule has 0 saturated heterocycles. The molecule has 0 unspecified atom stereocenters. The second-order valence-corrected chi connectivity index (χ2v) is 5.02. The molecule has 0 fully saturated rings. The third kappa shape index (κ3) is 1.92. The van der Waals surface area contributed by atoms with E-state index in [4.69, 9.17) is 4.55 Å². The number of hydrogen-bond donors (Lipinski definition) is 1. The second-order valence-electron chi connectivity index (χ2n) is 3.63. The average molecular weight is 251 g/mol. The molecule has 2 aromatic carbocycles. The highest BCUT2D eigenvalue weighted by molar-refractivity contribution is 7.86. The number of hydrogen-bond acceptors (Lipinski definition) is 4. The quantitative estimate of drug-likeness (QED) is 0.657. The van der Waals surface area contributed by atoms with Gasteiger partial charge in [-0.05, 0) is 29.1 Å². The van der Waals surface area contributed by atoms with Crippen LogP contribution in [0.1, 0.15) is 5.56 Å². The van der Waals surface area contributed by atoms with Crippen molar-refractivity contribution in [3.05, 3.63) is 40.8 Å². The summed E-state index contributed by atoms with van der Waals surface area (Å²) in [4.78, 5) is 10.3. The Bertz CT molecular complexity index is 707. The van der Waals surface area contributed by atoms with Crippen LogP contribution in [0.2, 0.25) is 0 Å². The van der Waals surface area contributed by atoms with E-state index in [2.05, 4.69) is 5.18 Å². The lowest BCUT2D eigenvalue weighted by atomic mass is 10.0. The lowest BCUT2D eigenvalue weighted by Crippen LogP contribution is -1.99. The SMILES string of the molecule is Cc1c(N=O)cc(S(=O)(=O)O)c2ccccc12. The number of benzene rings is 2. The molecule has 17 heavy (non-hydrogen) atoms. The molecule has 6 heteroatoms. The maximum absolute atomic E-state index is 11.2. The summed E-state index contributed by atoms with van der Waals surface area (Å²) < 4.78 is 31.6. The first-order valence-electron chi connectivity index (χ1n) is 4.78. The number of rotatable bonds is 2. The molecular weight excluding hydrogens is 242 g/mol. The maximum Gasteiger partial charge on any atom is 0.295 e. The van der Waals surface area contributed by atoms with Gasteiger partial charge in [-0.15, -0.1) is 4.91 Å². The van der Waals surface area contributed by atoms with E-state index in [1.54, 1.807) is 31.2 Å². The van der Waals surface area contributed by atoms with Crippen LogP contribution < -0.4 is 0 Å². The lowest BCUT2D eigenvalue weighted by Gasteiger charge is -2.08. The van der Waals surface area contributed by atoms with Crippen LogP contribution in [0.5, 0.6) is 0 Å². The molecule has 0 heterocycles. The third-order valence-corrected chi connectivity index (χ3v) is 3.52. The molecule has 5 nitrogen and oxygen atoms in total. The highest BCUT2D eigenvalue weighted by atomic mass is 32.2. The molecule has 0 radical (unpaired) electrons. The van der Waals surface area contributed by atoms with Crippen molar-refractivity contribution in [3.63, 3.8) is 0 Å². The summed E-state index contributed by atoms with van der Waals surface area (Å²) in [6.07, 6.45) is 0. The number of fused-ring (bicyclic) bond motifs is 1. The molecule has 2 rings (SSSR count). The van der Waals surface area contributed by atoms with Crippen molar-refractivity contribution in [1.29, 1.82) is 0 Å². The van der Waals surface area contributed by atoms with Crippen molar-refractivity contribution in [3.8, 4) is 0 Å². The van der Waals surface area contributed by atoms with Crippen molar-refractivity contribution in [2.45, 2.75) is 11.8 Å². The van der Waals surface area contributed by atoms with Gasteiger partial charge in [0, 0.05) is 5.39 Å². The van der Waals surface area contributed by atoms with E-state index in [9.17, 15) is 13.3 Å². The van der Waals surface area contributed by atoms with Crippen LogP contribution in [0.25, 0.3) is 10.8 Å². The predicted molar refractivity (Wildman–Crippen MR) is 64.0 cm³/mol. The summed E-state index contributed by atoms with van der Waals surface area (Å²) in [6, 6.07) is 7.70. The fourth-order valence-corrected chi connectivity index (χ4v) is 2.50. The van der Waals surface area contributed by atoms with E-state index in [0.29, 0.717) is 16.3 Å². The van der Waals surface area contributed by atoms with Crippen molar-refractivity contribution in [2.24, 2.45) is 5.18 Å². The van der Waals surface area contributed by atoms with E-state index in [-0.39, 0.29) is 10.6 Å². The third-order valence-electron chi connectivity index (χ3n) is 2.62. The summed E-state index contributed by atoms with van der Waals surface area (Å²) in [5.41, 5.74) is 0.597. The molecule has 0 aliphatic heterocycles. The van der Waals surface area contributed by atoms with E-state index in [1.807, 2.05) is 0 Å². The molecule has 0 bridgehead atoms. The van der Waals surface area contributed by atoms with Gasteiger partial charge in [-0.2, -0.15) is 8.42 Å². The van der Waals surface area contributed by atoms with Crippen molar-refractivity contribution < 1.29 is 13.0 Å². The number of aryl methyl sites for hydroxylation is 1. The predicted octanol–water partition coefficient (Wildman–Crippen LogP) is 2.79. The monoisotopic (exact) mass is 251 g/mol. The summed E-state index contributed by atoms with van der Waals surface area (Å²) in [5, 5.41) is 3.72. The van der Waals surface area contributed by atoms with Gasteiger partial charge in [0.1, 0.15) is 10.6 Å². The zero-order chi connectivity index (χ0) is 12.6. The molecular formula is C11H9NO4S.